The number of carbonyl (C=O) groups is 1. The van der Waals surface area contributed by atoms with Crippen LogP contribution in [0.4, 0.5) is 39.7 Å². The summed E-state index contributed by atoms with van der Waals surface area (Å²) < 4.78 is 61.1. The molecule has 2 fully saturated rings. The normalized spacial score (nSPS) is 16.8. The Morgan fingerprint density at radius 3 is 2.64 bits per heavy atom. The van der Waals surface area contributed by atoms with Gasteiger partial charge in [-0.25, -0.2) is 23.7 Å². The fourth-order valence-corrected chi connectivity index (χ4v) is 4.17. The lowest BCUT2D eigenvalue weighted by Gasteiger charge is -2.14. The largest absolute Gasteiger partial charge is 0.401 e. The molecule has 4 aromatic rings. The number of nitrogen functional groups attached to an aromatic ring is 1. The fourth-order valence-electron chi connectivity index (χ4n) is 4.17. The van der Waals surface area contributed by atoms with Crippen LogP contribution in [-0.2, 0) is 5.41 Å². The van der Waals surface area contributed by atoms with Gasteiger partial charge in [0.15, 0.2) is 17.4 Å². The van der Waals surface area contributed by atoms with E-state index in [-0.39, 0.29) is 41.8 Å². The second-order valence-electron chi connectivity index (χ2n) is 8.93. The number of hydrogen-bond acceptors (Lipinski definition) is 7. The maximum Gasteiger partial charge on any atom is 0.401 e. The van der Waals surface area contributed by atoms with Gasteiger partial charge in [0.1, 0.15) is 34.6 Å². The standard InChI is InChI=1S/C22H18F4N8O2/c23-12-7-11(16-17-18(27)28-9-29-34(17)19(32-16)10-1-2-10)3-4-13(12)30-20(35)31-15-8-14(36-33-15)21(5-6-21)22(24,25)26/h3-4,7-10H,1-2,5-6H2,(H2,27,28,29)(H2,30,31,33,35). The van der Waals surface area contributed by atoms with Crippen molar-refractivity contribution in [2.24, 2.45) is 0 Å². The van der Waals surface area contributed by atoms with E-state index in [1.54, 1.807) is 10.6 Å². The molecule has 0 radical (unpaired) electrons. The molecule has 0 saturated heterocycles. The first kappa shape index (κ1) is 22.2. The zero-order chi connectivity index (χ0) is 25.2. The van der Waals surface area contributed by atoms with E-state index in [2.05, 4.69) is 30.9 Å². The lowest BCUT2D eigenvalue weighted by Crippen LogP contribution is -2.28. The van der Waals surface area contributed by atoms with Gasteiger partial charge >= 0.3 is 12.2 Å². The summed E-state index contributed by atoms with van der Waals surface area (Å²) in [6.07, 6.45) is -1.43. The minimum Gasteiger partial charge on any atom is -0.382 e. The van der Waals surface area contributed by atoms with E-state index in [9.17, 15) is 22.4 Å². The predicted octanol–water partition coefficient (Wildman–Crippen LogP) is 4.62. The van der Waals surface area contributed by atoms with E-state index in [1.165, 1.54) is 18.5 Å². The van der Waals surface area contributed by atoms with E-state index in [1.807, 2.05) is 0 Å². The summed E-state index contributed by atoms with van der Waals surface area (Å²) in [5, 5.41) is 12.3. The topological polar surface area (TPSA) is 136 Å². The van der Waals surface area contributed by atoms with Crippen molar-refractivity contribution in [1.82, 2.24) is 24.7 Å². The molecule has 0 aliphatic heterocycles. The number of nitrogens with zero attached hydrogens (tertiary/aromatic N) is 5. The summed E-state index contributed by atoms with van der Waals surface area (Å²) in [6, 6.07) is 4.20. The molecule has 4 N–H and O–H groups in total. The maximum absolute atomic E-state index is 14.9. The molecule has 14 heteroatoms. The van der Waals surface area contributed by atoms with Crippen LogP contribution < -0.4 is 16.4 Å². The van der Waals surface area contributed by atoms with Gasteiger partial charge in [-0.15, -0.1) is 0 Å². The van der Waals surface area contributed by atoms with Gasteiger partial charge in [-0.05, 0) is 37.8 Å². The van der Waals surface area contributed by atoms with E-state index < -0.39 is 23.4 Å². The van der Waals surface area contributed by atoms with Crippen LogP contribution in [0.3, 0.4) is 0 Å². The number of nitrogens with two attached hydrogens (primary N) is 1. The van der Waals surface area contributed by atoms with Crippen molar-refractivity contribution in [2.75, 3.05) is 16.4 Å². The van der Waals surface area contributed by atoms with Crippen molar-refractivity contribution in [2.45, 2.75) is 43.2 Å². The lowest BCUT2D eigenvalue weighted by molar-refractivity contribution is -0.165. The van der Waals surface area contributed by atoms with Crippen LogP contribution in [0.1, 0.15) is 43.2 Å². The molecule has 3 heterocycles. The second kappa shape index (κ2) is 7.63. The summed E-state index contributed by atoms with van der Waals surface area (Å²) in [6.45, 7) is 0. The molecular weight excluding hydrogens is 484 g/mol. The van der Waals surface area contributed by atoms with Crippen molar-refractivity contribution in [3.05, 3.63) is 48.0 Å². The van der Waals surface area contributed by atoms with Gasteiger partial charge in [0.2, 0.25) is 0 Å². The van der Waals surface area contributed by atoms with Crippen molar-refractivity contribution >= 4 is 28.9 Å². The van der Waals surface area contributed by atoms with Crippen molar-refractivity contribution in [1.29, 1.82) is 0 Å². The number of amides is 2. The molecule has 3 aromatic heterocycles. The first-order chi connectivity index (χ1) is 17.2. The van der Waals surface area contributed by atoms with Crippen molar-refractivity contribution < 1.29 is 26.9 Å². The van der Waals surface area contributed by atoms with E-state index >= 15 is 0 Å². The molecule has 0 bridgehead atoms. The summed E-state index contributed by atoms with van der Waals surface area (Å²) in [5.41, 5.74) is 5.11. The number of nitrogens with one attached hydrogen (secondary N) is 2. The maximum atomic E-state index is 14.9. The van der Waals surface area contributed by atoms with Crippen LogP contribution in [0.15, 0.2) is 35.1 Å². The number of imidazole rings is 1. The van der Waals surface area contributed by atoms with Gasteiger partial charge in [-0.1, -0.05) is 11.2 Å². The highest BCUT2D eigenvalue weighted by Gasteiger charge is 2.66. The second-order valence-corrected chi connectivity index (χ2v) is 8.93. The number of fused-ring (bicyclic) bond motifs is 1. The third kappa shape index (κ3) is 3.60. The zero-order valence-electron chi connectivity index (χ0n) is 18.4. The average molecular weight is 502 g/mol. The molecule has 6 rings (SSSR count). The van der Waals surface area contributed by atoms with Gasteiger partial charge in [-0.2, -0.15) is 18.3 Å². The molecule has 0 spiro atoms. The number of halogens is 4. The van der Waals surface area contributed by atoms with Crippen molar-refractivity contribution in [3.8, 4) is 11.3 Å². The predicted molar refractivity (Wildman–Crippen MR) is 119 cm³/mol. The van der Waals surface area contributed by atoms with Gasteiger partial charge in [0.25, 0.3) is 0 Å². The fraction of sp³-hybridized carbons (Fsp3) is 0.318. The molecule has 0 unspecified atom stereocenters. The Labute approximate surface area is 199 Å². The monoisotopic (exact) mass is 502 g/mol. The number of carbonyl (C=O) groups excluding carboxylic acids is 1. The SMILES string of the molecule is Nc1ncnn2c(C3CC3)nc(-c3ccc(NC(=O)Nc4cc(C5(C(F)(F)F)CC5)on4)c(F)c3)c12. The summed E-state index contributed by atoms with van der Waals surface area (Å²) >= 11 is 0. The number of urea groups is 1. The minimum absolute atomic E-state index is 0.110. The highest BCUT2D eigenvalue weighted by Crippen LogP contribution is 2.59. The van der Waals surface area contributed by atoms with E-state index in [0.29, 0.717) is 16.8 Å². The molecule has 186 valence electrons. The Kier molecular flexibility index (Phi) is 4.72. The van der Waals surface area contributed by atoms with Gasteiger partial charge < -0.3 is 15.6 Å². The summed E-state index contributed by atoms with van der Waals surface area (Å²) in [5.74, 6) is -0.182. The Balaban J connectivity index is 1.21. The lowest BCUT2D eigenvalue weighted by atomic mass is 10.0. The Bertz CT molecular complexity index is 1500. The first-order valence-electron chi connectivity index (χ1n) is 11.1. The van der Waals surface area contributed by atoms with Crippen LogP contribution in [0.25, 0.3) is 16.8 Å². The Morgan fingerprint density at radius 1 is 1.19 bits per heavy atom. The molecule has 36 heavy (non-hydrogen) atoms. The molecular formula is C22H18F4N8O2. The molecule has 2 amide bonds. The van der Waals surface area contributed by atoms with E-state index in [0.717, 1.165) is 24.7 Å². The average Bonchev–Trinajstić information content (AvgIpc) is 3.74. The van der Waals surface area contributed by atoms with Crippen LogP contribution in [-0.4, -0.2) is 36.9 Å². The molecule has 2 aliphatic rings. The summed E-state index contributed by atoms with van der Waals surface area (Å²) in [4.78, 5) is 21.0. The van der Waals surface area contributed by atoms with Crippen LogP contribution >= 0.6 is 0 Å². The number of rotatable bonds is 5. The Morgan fingerprint density at radius 2 is 1.97 bits per heavy atom. The molecule has 0 atom stereocenters. The van der Waals surface area contributed by atoms with Gasteiger partial charge in [-0.3, -0.25) is 5.32 Å². The summed E-state index contributed by atoms with van der Waals surface area (Å²) in [7, 11) is 0. The number of aromatic nitrogens is 5. The molecule has 1 aromatic carbocycles. The van der Waals surface area contributed by atoms with E-state index in [4.69, 9.17) is 10.3 Å². The molecule has 2 aliphatic carbocycles. The third-order valence-corrected chi connectivity index (χ3v) is 6.44. The number of alkyl halides is 3. The smallest absolute Gasteiger partial charge is 0.382 e. The third-order valence-electron chi connectivity index (χ3n) is 6.44. The van der Waals surface area contributed by atoms with Gasteiger partial charge in [0.05, 0.1) is 5.69 Å². The quantitative estimate of drug-likeness (QED) is 0.339. The number of hydrogen-bond donors (Lipinski definition) is 3. The van der Waals surface area contributed by atoms with Crippen LogP contribution in [0.2, 0.25) is 0 Å². The van der Waals surface area contributed by atoms with Crippen LogP contribution in [0.5, 0.6) is 0 Å². The zero-order valence-corrected chi connectivity index (χ0v) is 18.4. The highest BCUT2D eigenvalue weighted by atomic mass is 19.4. The minimum atomic E-state index is -4.48. The molecule has 2 saturated carbocycles. The highest BCUT2D eigenvalue weighted by molar-refractivity contribution is 5.99. The van der Waals surface area contributed by atoms with Crippen molar-refractivity contribution in [3.63, 3.8) is 0 Å². The Hall–Kier alpha value is -4.23. The number of benzene rings is 1. The van der Waals surface area contributed by atoms with Crippen LogP contribution in [0, 0.1) is 5.82 Å². The first-order valence-corrected chi connectivity index (χ1v) is 11.1. The van der Waals surface area contributed by atoms with Gasteiger partial charge in [0, 0.05) is 17.5 Å². The number of anilines is 3. The molecule has 10 nitrogen and oxygen atoms in total.